The van der Waals surface area contributed by atoms with Crippen molar-refractivity contribution in [2.75, 3.05) is 13.7 Å². The number of methoxy groups -OCH3 is 1. The maximum absolute atomic E-state index is 12.7. The Bertz CT molecular complexity index is 950. The minimum absolute atomic E-state index is 0.0109. The maximum atomic E-state index is 12.7. The number of carbonyl (C=O) groups is 2. The van der Waals surface area contributed by atoms with Crippen molar-refractivity contribution >= 4 is 44.9 Å². The third-order valence-corrected chi connectivity index (χ3v) is 7.60. The average molecular weight is 434 g/mol. The molecule has 0 bridgehead atoms. The molecule has 2 aromatic heterocycles. The van der Waals surface area contributed by atoms with Gasteiger partial charge in [-0.1, -0.05) is 11.6 Å². The molecule has 0 spiro atoms. The lowest BCUT2D eigenvalue weighted by molar-refractivity contribution is -0.149. The van der Waals surface area contributed by atoms with Gasteiger partial charge in [-0.2, -0.15) is 4.31 Å². The second-order valence-corrected chi connectivity index (χ2v) is 9.53. The van der Waals surface area contributed by atoms with Crippen molar-refractivity contribution < 1.29 is 31.9 Å². The monoisotopic (exact) mass is 433 g/mol. The van der Waals surface area contributed by atoms with Gasteiger partial charge in [-0.3, -0.25) is 4.79 Å². The first-order chi connectivity index (χ1) is 12.8. The highest BCUT2D eigenvalue weighted by atomic mass is 35.5. The van der Waals surface area contributed by atoms with E-state index in [0.717, 1.165) is 15.6 Å². The van der Waals surface area contributed by atoms with Gasteiger partial charge in [0.05, 0.1) is 11.4 Å². The second kappa shape index (κ2) is 8.01. The van der Waals surface area contributed by atoms with E-state index >= 15 is 0 Å². The van der Waals surface area contributed by atoms with Crippen LogP contribution in [-0.4, -0.2) is 44.4 Å². The minimum Gasteiger partial charge on any atom is -0.463 e. The van der Waals surface area contributed by atoms with Crippen LogP contribution in [0.5, 0.6) is 0 Å². The summed E-state index contributed by atoms with van der Waals surface area (Å²) >= 11 is 6.76. The number of thiophene rings is 1. The summed E-state index contributed by atoms with van der Waals surface area (Å²) in [7, 11) is -2.60. The summed E-state index contributed by atoms with van der Waals surface area (Å²) in [6.07, 6.45) is 0.911. The molecular weight excluding hydrogens is 418 g/mol. The van der Waals surface area contributed by atoms with Gasteiger partial charge in [0, 0.05) is 6.54 Å². The predicted octanol–water partition coefficient (Wildman–Crippen LogP) is 2.68. The second-order valence-electron chi connectivity index (χ2n) is 5.70. The van der Waals surface area contributed by atoms with E-state index in [0.29, 0.717) is 17.2 Å². The zero-order valence-corrected chi connectivity index (χ0v) is 16.6. The van der Waals surface area contributed by atoms with E-state index in [-0.39, 0.29) is 28.9 Å². The number of esters is 2. The average Bonchev–Trinajstić information content (AvgIpc) is 3.38. The largest absolute Gasteiger partial charge is 0.463 e. The highest BCUT2D eigenvalue weighted by Gasteiger charge is 2.41. The van der Waals surface area contributed by atoms with Crippen molar-refractivity contribution in [3.63, 3.8) is 0 Å². The molecule has 1 saturated heterocycles. The Labute approximate surface area is 164 Å². The van der Waals surface area contributed by atoms with Gasteiger partial charge in [0.2, 0.25) is 5.76 Å². The van der Waals surface area contributed by atoms with Crippen LogP contribution in [0.2, 0.25) is 4.34 Å². The molecule has 0 N–H and O–H groups in total. The molecule has 8 nitrogen and oxygen atoms in total. The zero-order valence-electron chi connectivity index (χ0n) is 14.2. The molecule has 27 heavy (non-hydrogen) atoms. The van der Waals surface area contributed by atoms with Crippen LogP contribution in [0, 0.1) is 0 Å². The van der Waals surface area contributed by atoms with Crippen LogP contribution < -0.4 is 0 Å². The van der Waals surface area contributed by atoms with E-state index in [2.05, 4.69) is 4.74 Å². The fourth-order valence-corrected chi connectivity index (χ4v) is 5.98. The van der Waals surface area contributed by atoms with E-state index in [4.69, 9.17) is 20.8 Å². The topological polar surface area (TPSA) is 103 Å². The molecule has 1 unspecified atom stereocenters. The standard InChI is InChI=1S/C16H16ClNO7S2/c1-23-16(20)12-5-4-10(25-12)9-24-15(19)11-3-2-8-18(11)27(21,22)14-7-6-13(17)26-14/h4-7,11H,2-3,8-9H2,1H3. The fraction of sp³-hybridized carbons (Fsp3) is 0.375. The molecule has 3 rings (SSSR count). The minimum atomic E-state index is -3.82. The van der Waals surface area contributed by atoms with Crippen molar-refractivity contribution in [1.82, 2.24) is 4.31 Å². The van der Waals surface area contributed by atoms with E-state index in [1.165, 1.54) is 31.4 Å². The molecule has 3 heterocycles. The summed E-state index contributed by atoms with van der Waals surface area (Å²) in [4.78, 5) is 23.8. The smallest absolute Gasteiger partial charge is 0.373 e. The first-order valence-corrected chi connectivity index (χ1v) is 10.6. The van der Waals surface area contributed by atoms with Crippen molar-refractivity contribution in [3.05, 3.63) is 40.1 Å². The Kier molecular flexibility index (Phi) is 5.89. The van der Waals surface area contributed by atoms with Gasteiger partial charge in [0.25, 0.3) is 10.0 Å². The number of halogens is 1. The lowest BCUT2D eigenvalue weighted by Gasteiger charge is -2.21. The van der Waals surface area contributed by atoms with Crippen LogP contribution >= 0.6 is 22.9 Å². The van der Waals surface area contributed by atoms with Crippen molar-refractivity contribution in [1.29, 1.82) is 0 Å². The number of sulfonamides is 1. The first kappa shape index (κ1) is 19.9. The van der Waals surface area contributed by atoms with Gasteiger partial charge < -0.3 is 13.9 Å². The van der Waals surface area contributed by atoms with Crippen LogP contribution in [-0.2, 0) is 30.9 Å². The molecule has 146 valence electrons. The molecule has 0 amide bonds. The highest BCUT2D eigenvalue weighted by molar-refractivity contribution is 7.91. The molecule has 0 radical (unpaired) electrons. The first-order valence-electron chi connectivity index (χ1n) is 7.94. The molecule has 2 aromatic rings. The molecule has 0 aromatic carbocycles. The molecule has 0 saturated carbocycles. The van der Waals surface area contributed by atoms with Crippen LogP contribution in [0.25, 0.3) is 0 Å². The number of carbonyl (C=O) groups excluding carboxylic acids is 2. The van der Waals surface area contributed by atoms with Crippen LogP contribution in [0.1, 0.15) is 29.2 Å². The van der Waals surface area contributed by atoms with E-state index in [9.17, 15) is 18.0 Å². The molecule has 0 aliphatic carbocycles. The lowest BCUT2D eigenvalue weighted by atomic mass is 10.2. The summed E-state index contributed by atoms with van der Waals surface area (Å²) in [5.74, 6) is -1.07. The molecular formula is C16H16ClNO7S2. The number of furan rings is 1. The Morgan fingerprint density at radius 1 is 1.33 bits per heavy atom. The molecule has 11 heteroatoms. The van der Waals surface area contributed by atoms with E-state index in [1.54, 1.807) is 0 Å². The predicted molar refractivity (Wildman–Crippen MR) is 96.1 cm³/mol. The zero-order chi connectivity index (χ0) is 19.6. The third-order valence-electron chi connectivity index (χ3n) is 3.99. The highest BCUT2D eigenvalue weighted by Crippen LogP contribution is 2.32. The van der Waals surface area contributed by atoms with Gasteiger partial charge in [-0.15, -0.1) is 11.3 Å². The van der Waals surface area contributed by atoms with Crippen molar-refractivity contribution in [2.45, 2.75) is 29.7 Å². The fourth-order valence-electron chi connectivity index (χ4n) is 2.72. The Hall–Kier alpha value is -1.88. The number of nitrogens with zero attached hydrogens (tertiary/aromatic N) is 1. The molecule has 1 atom stereocenters. The van der Waals surface area contributed by atoms with Gasteiger partial charge in [-0.25, -0.2) is 13.2 Å². The van der Waals surface area contributed by atoms with Crippen LogP contribution in [0.15, 0.2) is 32.9 Å². The van der Waals surface area contributed by atoms with Gasteiger partial charge in [0.15, 0.2) is 0 Å². The summed E-state index contributed by atoms with van der Waals surface area (Å²) in [5.41, 5.74) is 0. The summed E-state index contributed by atoms with van der Waals surface area (Å²) in [6, 6.07) is 4.89. The summed E-state index contributed by atoms with van der Waals surface area (Å²) in [5, 5.41) is 0. The van der Waals surface area contributed by atoms with Crippen molar-refractivity contribution in [2.24, 2.45) is 0 Å². The van der Waals surface area contributed by atoms with Crippen LogP contribution in [0.4, 0.5) is 0 Å². The Morgan fingerprint density at radius 2 is 2.11 bits per heavy atom. The van der Waals surface area contributed by atoms with E-state index in [1.807, 2.05) is 0 Å². The van der Waals surface area contributed by atoms with Gasteiger partial charge in [-0.05, 0) is 37.1 Å². The molecule has 1 aliphatic rings. The van der Waals surface area contributed by atoms with Crippen molar-refractivity contribution in [3.8, 4) is 0 Å². The number of rotatable bonds is 6. The number of hydrogen-bond acceptors (Lipinski definition) is 8. The number of ether oxygens (including phenoxy) is 2. The summed E-state index contributed by atoms with van der Waals surface area (Å²) < 4.78 is 42.0. The van der Waals surface area contributed by atoms with Gasteiger partial charge >= 0.3 is 11.9 Å². The number of hydrogen-bond donors (Lipinski definition) is 0. The SMILES string of the molecule is COC(=O)c1ccc(COC(=O)C2CCCN2S(=O)(=O)c2ccc(Cl)s2)o1. The Morgan fingerprint density at radius 3 is 2.78 bits per heavy atom. The molecule has 1 aliphatic heterocycles. The lowest BCUT2D eigenvalue weighted by Crippen LogP contribution is -2.41. The van der Waals surface area contributed by atoms with Gasteiger partial charge in [0.1, 0.15) is 22.6 Å². The third kappa shape index (κ3) is 4.18. The van der Waals surface area contributed by atoms with E-state index < -0.39 is 28.0 Å². The van der Waals surface area contributed by atoms with Crippen LogP contribution in [0.3, 0.4) is 0 Å². The molecule has 1 fully saturated rings. The normalized spacial score (nSPS) is 17.8. The maximum Gasteiger partial charge on any atom is 0.373 e. The quantitative estimate of drug-likeness (QED) is 0.645. The summed E-state index contributed by atoms with van der Waals surface area (Å²) in [6.45, 7) is 0.00983. The Balaban J connectivity index is 1.67.